The van der Waals surface area contributed by atoms with Gasteiger partial charge in [0.15, 0.2) is 10.8 Å². The van der Waals surface area contributed by atoms with Crippen molar-refractivity contribution in [1.29, 1.82) is 15.8 Å². The van der Waals surface area contributed by atoms with Gasteiger partial charge in [0.2, 0.25) is 5.91 Å². The minimum Gasteiger partial charge on any atom is -0.368 e. The molecule has 0 aromatic heterocycles. The molecule has 3 rings (SSSR count). The smallest absolute Gasteiger partial charge is 0.266 e. The molecule has 1 saturated carbocycles. The molecule has 1 heterocycles. The maximum Gasteiger partial charge on any atom is 0.266 e. The third-order valence-corrected chi connectivity index (χ3v) is 5.76. The van der Waals surface area contributed by atoms with Gasteiger partial charge in [0.05, 0.1) is 18.2 Å². The molecule has 1 aliphatic carbocycles. The van der Waals surface area contributed by atoms with Crippen molar-refractivity contribution in [1.82, 2.24) is 0 Å². The van der Waals surface area contributed by atoms with Crippen LogP contribution in [0.1, 0.15) is 19.4 Å². The molecular weight excluding hydrogens is 346 g/mol. The van der Waals surface area contributed by atoms with E-state index in [0.29, 0.717) is 11.3 Å². The SMILES string of the molecule is CCOC1(OCC)N(C)c2ccccc2[C@@]12C(C#N)(C#N)[C@]2(C#N)C(N)=O. The van der Waals surface area contributed by atoms with E-state index in [2.05, 4.69) is 0 Å². The Morgan fingerprint density at radius 3 is 2.07 bits per heavy atom. The Balaban J connectivity index is 2.54. The molecule has 0 radical (unpaired) electrons. The van der Waals surface area contributed by atoms with Gasteiger partial charge < -0.3 is 20.1 Å². The van der Waals surface area contributed by atoms with Crippen LogP contribution in [0.4, 0.5) is 5.69 Å². The minimum absolute atomic E-state index is 0.160. The van der Waals surface area contributed by atoms with E-state index in [9.17, 15) is 20.6 Å². The summed E-state index contributed by atoms with van der Waals surface area (Å²) in [6.07, 6.45) is 0. The molecule has 1 aliphatic heterocycles. The monoisotopic (exact) mass is 365 g/mol. The number of nitrogens with zero attached hydrogens (tertiary/aromatic N) is 4. The number of nitriles is 3. The van der Waals surface area contributed by atoms with Crippen LogP contribution in [0.15, 0.2) is 24.3 Å². The minimum atomic E-state index is -2.13. The topological polar surface area (TPSA) is 136 Å². The van der Waals surface area contributed by atoms with Gasteiger partial charge in [-0.1, -0.05) is 18.2 Å². The van der Waals surface area contributed by atoms with Crippen LogP contribution < -0.4 is 10.6 Å². The van der Waals surface area contributed by atoms with Gasteiger partial charge in [-0.15, -0.1) is 0 Å². The lowest BCUT2D eigenvalue weighted by Crippen LogP contribution is -2.59. The lowest BCUT2D eigenvalue weighted by molar-refractivity contribution is -0.253. The van der Waals surface area contributed by atoms with Crippen LogP contribution in [0.3, 0.4) is 0 Å². The highest BCUT2D eigenvalue weighted by atomic mass is 16.7. The van der Waals surface area contributed by atoms with E-state index in [0.717, 1.165) is 0 Å². The van der Waals surface area contributed by atoms with Crippen LogP contribution >= 0.6 is 0 Å². The first kappa shape index (κ1) is 18.7. The van der Waals surface area contributed by atoms with E-state index in [1.54, 1.807) is 50.1 Å². The molecule has 2 aliphatic rings. The highest BCUT2D eigenvalue weighted by Gasteiger charge is 3.03. The number of primary amides is 1. The second kappa shape index (κ2) is 5.69. The summed E-state index contributed by atoms with van der Waals surface area (Å²) in [5.41, 5.74) is 0.800. The van der Waals surface area contributed by atoms with Gasteiger partial charge in [-0.3, -0.25) is 4.79 Å². The van der Waals surface area contributed by atoms with E-state index in [1.807, 2.05) is 18.2 Å². The van der Waals surface area contributed by atoms with Gasteiger partial charge >= 0.3 is 0 Å². The third kappa shape index (κ3) is 1.52. The van der Waals surface area contributed by atoms with Gasteiger partial charge in [0, 0.05) is 25.9 Å². The van der Waals surface area contributed by atoms with Crippen LogP contribution in [-0.2, 0) is 19.7 Å². The molecule has 138 valence electrons. The predicted octanol–water partition coefficient (Wildman–Crippen LogP) is 1.14. The van der Waals surface area contributed by atoms with Crippen LogP contribution in [0.5, 0.6) is 0 Å². The number of hydrogen-bond acceptors (Lipinski definition) is 7. The molecule has 8 heteroatoms. The molecule has 0 bridgehead atoms. The summed E-state index contributed by atoms with van der Waals surface area (Å²) in [6.45, 7) is 3.78. The number of benzene rings is 1. The first-order valence-electron chi connectivity index (χ1n) is 8.54. The first-order chi connectivity index (χ1) is 12.9. The maximum atomic E-state index is 12.6. The van der Waals surface area contributed by atoms with E-state index in [1.165, 1.54) is 0 Å². The molecule has 8 nitrogen and oxygen atoms in total. The van der Waals surface area contributed by atoms with Crippen molar-refractivity contribution in [2.75, 3.05) is 25.2 Å². The average molecular weight is 365 g/mol. The summed E-state index contributed by atoms with van der Waals surface area (Å²) < 4.78 is 12.0. The van der Waals surface area contributed by atoms with Crippen LogP contribution in [0, 0.1) is 44.8 Å². The Hall–Kier alpha value is -3.12. The molecule has 1 amide bonds. The van der Waals surface area contributed by atoms with Crippen molar-refractivity contribution in [2.45, 2.75) is 25.2 Å². The fourth-order valence-electron chi connectivity index (χ4n) is 4.90. The molecule has 2 atom stereocenters. The molecule has 1 aromatic rings. The van der Waals surface area contributed by atoms with Gasteiger partial charge in [-0.25, -0.2) is 0 Å². The number of amides is 1. The number of fused-ring (bicyclic) bond motifs is 2. The maximum absolute atomic E-state index is 12.6. The zero-order valence-electron chi connectivity index (χ0n) is 15.3. The van der Waals surface area contributed by atoms with Crippen molar-refractivity contribution in [3.05, 3.63) is 29.8 Å². The lowest BCUT2D eigenvalue weighted by Gasteiger charge is -2.41. The highest BCUT2D eigenvalue weighted by Crippen LogP contribution is 2.85. The van der Waals surface area contributed by atoms with Crippen molar-refractivity contribution in [3.63, 3.8) is 0 Å². The summed E-state index contributed by atoms with van der Waals surface area (Å²) in [6, 6.07) is 12.7. The molecule has 1 fully saturated rings. The zero-order chi connectivity index (χ0) is 20.1. The third-order valence-electron chi connectivity index (χ3n) is 5.76. The predicted molar refractivity (Wildman–Crippen MR) is 93.4 cm³/mol. The summed E-state index contributed by atoms with van der Waals surface area (Å²) in [5, 5.41) is 30.1. The number of nitrogens with two attached hydrogens (primary N) is 1. The second-order valence-electron chi connectivity index (χ2n) is 6.47. The highest BCUT2D eigenvalue weighted by molar-refractivity contribution is 5.99. The van der Waals surface area contributed by atoms with Gasteiger partial charge in [-0.05, 0) is 25.5 Å². The number of likely N-dealkylation sites (N-methyl/N-ethyl adjacent to an activating group) is 1. The average Bonchev–Trinajstić information content (AvgIpc) is 3.18. The Labute approximate surface area is 157 Å². The normalized spacial score (nSPS) is 28.7. The quantitative estimate of drug-likeness (QED) is 0.773. The largest absolute Gasteiger partial charge is 0.368 e. The van der Waals surface area contributed by atoms with Crippen molar-refractivity contribution < 1.29 is 14.3 Å². The van der Waals surface area contributed by atoms with Gasteiger partial charge in [0.1, 0.15) is 5.41 Å². The van der Waals surface area contributed by atoms with Crippen molar-refractivity contribution in [3.8, 4) is 18.2 Å². The van der Waals surface area contributed by atoms with Crippen LogP contribution in [0.25, 0.3) is 0 Å². The fraction of sp³-hybridized carbons (Fsp3) is 0.474. The summed E-state index contributed by atoms with van der Waals surface area (Å²) in [5.74, 6) is -2.77. The molecule has 1 spiro atoms. The molecule has 2 N–H and O–H groups in total. The molecular formula is C19H19N5O3. The number of carbonyl (C=O) groups excluding carboxylic acids is 1. The molecule has 27 heavy (non-hydrogen) atoms. The molecule has 0 saturated heterocycles. The Morgan fingerprint density at radius 1 is 1.11 bits per heavy atom. The number of carbonyl (C=O) groups is 1. The van der Waals surface area contributed by atoms with Crippen LogP contribution in [0.2, 0.25) is 0 Å². The van der Waals surface area contributed by atoms with E-state index in [4.69, 9.17) is 15.2 Å². The van der Waals surface area contributed by atoms with E-state index >= 15 is 0 Å². The van der Waals surface area contributed by atoms with Crippen molar-refractivity contribution >= 4 is 11.6 Å². The summed E-state index contributed by atoms with van der Waals surface area (Å²) in [7, 11) is 1.68. The number of ether oxygens (including phenoxy) is 2. The van der Waals surface area contributed by atoms with Crippen molar-refractivity contribution in [2.24, 2.45) is 16.6 Å². The Morgan fingerprint density at radius 2 is 1.67 bits per heavy atom. The van der Waals surface area contributed by atoms with Crippen LogP contribution in [-0.4, -0.2) is 32.1 Å². The number of rotatable bonds is 5. The van der Waals surface area contributed by atoms with E-state index in [-0.39, 0.29) is 13.2 Å². The molecule has 0 unspecified atom stereocenters. The number of hydrogen-bond donors (Lipinski definition) is 1. The fourth-order valence-corrected chi connectivity index (χ4v) is 4.90. The first-order valence-corrected chi connectivity index (χ1v) is 8.54. The Bertz CT molecular complexity index is 920. The van der Waals surface area contributed by atoms with Gasteiger partial charge in [0.25, 0.3) is 5.91 Å². The summed E-state index contributed by atoms with van der Waals surface area (Å²) in [4.78, 5) is 14.2. The van der Waals surface area contributed by atoms with E-state index < -0.39 is 28.1 Å². The molecule has 1 aromatic carbocycles. The summed E-state index contributed by atoms with van der Waals surface area (Å²) >= 11 is 0. The number of para-hydroxylation sites is 1. The second-order valence-corrected chi connectivity index (χ2v) is 6.47. The Kier molecular flexibility index (Phi) is 3.93. The lowest BCUT2D eigenvalue weighted by atomic mass is 9.83. The zero-order valence-corrected chi connectivity index (χ0v) is 15.3. The number of anilines is 1. The standard InChI is InChI=1S/C19H19N5O3/c1-4-26-19(27-5-2)18(13-8-6-7-9-14(13)24(19)3)16(10-20,11-21)17(18,12-22)15(23)25/h6-9H,4-5H2,1-3H3,(H2,23,25)/t17-,18-/m0/s1. The van der Waals surface area contributed by atoms with Gasteiger partial charge in [-0.2, -0.15) is 15.8 Å².